The first-order valence-electron chi connectivity index (χ1n) is 8.96. The number of ether oxygens (including phenoxy) is 2. The molecule has 0 heterocycles. The molecular formula is C22H20FNO5S. The van der Waals surface area contributed by atoms with Crippen LogP contribution in [0.3, 0.4) is 0 Å². The van der Waals surface area contributed by atoms with Crippen LogP contribution in [0.25, 0.3) is 0 Å². The molecule has 0 amide bonds. The van der Waals surface area contributed by atoms with Crippen molar-refractivity contribution in [1.29, 1.82) is 0 Å². The fraction of sp³-hybridized carbons (Fsp3) is 0.136. The SMILES string of the molecule is COc1ccc(N(C)S(=O)(=O)c2cccc(C(=O)OCc3cccc(F)c3)c2)cc1. The average Bonchev–Trinajstić information content (AvgIpc) is 2.77. The third-order valence-corrected chi connectivity index (χ3v) is 6.20. The van der Waals surface area contributed by atoms with Crippen molar-refractivity contribution in [3.63, 3.8) is 0 Å². The van der Waals surface area contributed by atoms with E-state index in [0.29, 0.717) is 17.0 Å². The molecule has 156 valence electrons. The van der Waals surface area contributed by atoms with E-state index in [1.54, 1.807) is 30.3 Å². The zero-order valence-corrected chi connectivity index (χ0v) is 17.2. The molecule has 0 aliphatic heterocycles. The Morgan fingerprint density at radius 2 is 1.70 bits per heavy atom. The first-order valence-corrected chi connectivity index (χ1v) is 10.4. The van der Waals surface area contributed by atoms with E-state index in [9.17, 15) is 17.6 Å². The fourth-order valence-electron chi connectivity index (χ4n) is 2.73. The lowest BCUT2D eigenvalue weighted by Gasteiger charge is -2.20. The Balaban J connectivity index is 1.78. The Bertz CT molecular complexity index is 1150. The van der Waals surface area contributed by atoms with Gasteiger partial charge in [0.05, 0.1) is 23.3 Å². The Kier molecular flexibility index (Phi) is 6.37. The predicted molar refractivity (Wildman–Crippen MR) is 111 cm³/mol. The van der Waals surface area contributed by atoms with Crippen LogP contribution in [0.5, 0.6) is 5.75 Å². The highest BCUT2D eigenvalue weighted by Gasteiger charge is 2.23. The van der Waals surface area contributed by atoms with Crippen molar-refractivity contribution in [2.24, 2.45) is 0 Å². The number of rotatable bonds is 7. The summed E-state index contributed by atoms with van der Waals surface area (Å²) in [6.07, 6.45) is 0. The van der Waals surface area contributed by atoms with Crippen LogP contribution in [0, 0.1) is 5.82 Å². The van der Waals surface area contributed by atoms with E-state index in [-0.39, 0.29) is 17.1 Å². The lowest BCUT2D eigenvalue weighted by Crippen LogP contribution is -2.26. The van der Waals surface area contributed by atoms with Crippen LogP contribution in [0.2, 0.25) is 0 Å². The minimum Gasteiger partial charge on any atom is -0.497 e. The number of benzene rings is 3. The zero-order valence-electron chi connectivity index (χ0n) is 16.4. The van der Waals surface area contributed by atoms with Gasteiger partial charge < -0.3 is 9.47 Å². The van der Waals surface area contributed by atoms with Crippen LogP contribution in [0.4, 0.5) is 10.1 Å². The summed E-state index contributed by atoms with van der Waals surface area (Å²) in [6, 6.07) is 17.8. The van der Waals surface area contributed by atoms with Gasteiger partial charge in [0.25, 0.3) is 10.0 Å². The standard InChI is InChI=1S/C22H20FNO5S/c1-24(19-9-11-20(28-2)12-10-19)30(26,27)21-8-4-6-17(14-21)22(25)29-15-16-5-3-7-18(23)13-16/h3-14H,15H2,1-2H3. The van der Waals surface area contributed by atoms with Gasteiger partial charge in [-0.15, -0.1) is 0 Å². The van der Waals surface area contributed by atoms with Crippen LogP contribution in [-0.4, -0.2) is 28.5 Å². The third-order valence-electron chi connectivity index (χ3n) is 4.42. The van der Waals surface area contributed by atoms with E-state index < -0.39 is 21.8 Å². The molecule has 0 aromatic heterocycles. The molecule has 0 aliphatic carbocycles. The number of sulfonamides is 1. The zero-order chi connectivity index (χ0) is 21.7. The topological polar surface area (TPSA) is 72.9 Å². The Labute approximate surface area is 174 Å². The third kappa shape index (κ3) is 4.77. The summed E-state index contributed by atoms with van der Waals surface area (Å²) in [5, 5.41) is 0. The number of carbonyl (C=O) groups excluding carboxylic acids is 1. The first-order chi connectivity index (χ1) is 14.3. The van der Waals surface area contributed by atoms with Gasteiger partial charge in [-0.25, -0.2) is 17.6 Å². The molecule has 3 aromatic carbocycles. The lowest BCUT2D eigenvalue weighted by molar-refractivity contribution is 0.0472. The Morgan fingerprint density at radius 3 is 2.37 bits per heavy atom. The largest absolute Gasteiger partial charge is 0.497 e. The molecule has 0 bridgehead atoms. The molecule has 3 rings (SSSR count). The summed E-state index contributed by atoms with van der Waals surface area (Å²) in [4.78, 5) is 12.3. The first kappa shape index (κ1) is 21.3. The van der Waals surface area contributed by atoms with E-state index in [1.165, 1.54) is 56.6 Å². The van der Waals surface area contributed by atoms with Crippen LogP contribution >= 0.6 is 0 Å². The van der Waals surface area contributed by atoms with Crippen molar-refractivity contribution >= 4 is 21.7 Å². The number of hydrogen-bond acceptors (Lipinski definition) is 5. The Morgan fingerprint density at radius 1 is 1.00 bits per heavy atom. The molecular weight excluding hydrogens is 409 g/mol. The van der Waals surface area contributed by atoms with Gasteiger partial charge in [-0.05, 0) is 60.2 Å². The smallest absolute Gasteiger partial charge is 0.338 e. The van der Waals surface area contributed by atoms with Gasteiger partial charge in [-0.3, -0.25) is 4.31 Å². The molecule has 0 atom stereocenters. The van der Waals surface area contributed by atoms with Gasteiger partial charge >= 0.3 is 5.97 Å². The number of halogens is 1. The van der Waals surface area contributed by atoms with Gasteiger partial charge in [0, 0.05) is 7.05 Å². The van der Waals surface area contributed by atoms with E-state index >= 15 is 0 Å². The number of anilines is 1. The van der Waals surface area contributed by atoms with Gasteiger partial charge in [0.2, 0.25) is 0 Å². The number of esters is 1. The molecule has 6 nitrogen and oxygen atoms in total. The molecule has 0 saturated carbocycles. The summed E-state index contributed by atoms with van der Waals surface area (Å²) in [6.45, 7) is -0.126. The number of hydrogen-bond donors (Lipinski definition) is 0. The highest BCUT2D eigenvalue weighted by atomic mass is 32.2. The maximum Gasteiger partial charge on any atom is 0.338 e. The average molecular weight is 429 g/mol. The van der Waals surface area contributed by atoms with Crippen molar-refractivity contribution < 1.29 is 27.1 Å². The fourth-order valence-corrected chi connectivity index (χ4v) is 3.97. The molecule has 30 heavy (non-hydrogen) atoms. The minimum absolute atomic E-state index is 0.0546. The normalized spacial score (nSPS) is 11.0. The second-order valence-electron chi connectivity index (χ2n) is 6.40. The van der Waals surface area contributed by atoms with Crippen molar-refractivity contribution in [1.82, 2.24) is 0 Å². The number of methoxy groups -OCH3 is 1. The maximum atomic E-state index is 13.2. The van der Waals surface area contributed by atoms with E-state index in [0.717, 1.165) is 4.31 Å². The monoisotopic (exact) mass is 429 g/mol. The molecule has 0 spiro atoms. The van der Waals surface area contributed by atoms with Gasteiger partial charge in [0.1, 0.15) is 18.2 Å². The van der Waals surface area contributed by atoms with Crippen LogP contribution in [0.1, 0.15) is 15.9 Å². The van der Waals surface area contributed by atoms with Gasteiger partial charge in [-0.1, -0.05) is 18.2 Å². The highest BCUT2D eigenvalue weighted by molar-refractivity contribution is 7.92. The van der Waals surface area contributed by atoms with Crippen molar-refractivity contribution in [3.05, 3.63) is 89.7 Å². The molecule has 0 saturated heterocycles. The molecule has 0 N–H and O–H groups in total. The molecule has 0 unspecified atom stereocenters. The summed E-state index contributed by atoms with van der Waals surface area (Å²) >= 11 is 0. The quantitative estimate of drug-likeness (QED) is 0.531. The van der Waals surface area contributed by atoms with Crippen LogP contribution in [-0.2, 0) is 21.4 Å². The summed E-state index contributed by atoms with van der Waals surface area (Å²) in [7, 11) is -0.960. The molecule has 0 fully saturated rings. The second-order valence-corrected chi connectivity index (χ2v) is 8.37. The molecule has 0 radical (unpaired) electrons. The van der Waals surface area contributed by atoms with E-state index in [1.807, 2.05) is 0 Å². The molecule has 0 aliphatic rings. The molecule has 3 aromatic rings. The lowest BCUT2D eigenvalue weighted by atomic mass is 10.2. The summed E-state index contributed by atoms with van der Waals surface area (Å²) in [5.41, 5.74) is 1.01. The minimum atomic E-state index is -3.91. The maximum absolute atomic E-state index is 13.2. The second kappa shape index (κ2) is 8.96. The molecule has 8 heteroatoms. The predicted octanol–water partition coefficient (Wildman–Crippen LogP) is 4.02. The van der Waals surface area contributed by atoms with Crippen molar-refractivity contribution in [2.75, 3.05) is 18.5 Å². The number of carbonyl (C=O) groups is 1. The number of nitrogens with zero attached hydrogens (tertiary/aromatic N) is 1. The van der Waals surface area contributed by atoms with E-state index in [2.05, 4.69) is 0 Å². The summed E-state index contributed by atoms with van der Waals surface area (Å²) in [5.74, 6) is -0.533. The van der Waals surface area contributed by atoms with Gasteiger partial charge in [0.15, 0.2) is 0 Å². The van der Waals surface area contributed by atoms with Crippen LogP contribution < -0.4 is 9.04 Å². The van der Waals surface area contributed by atoms with E-state index in [4.69, 9.17) is 9.47 Å². The highest BCUT2D eigenvalue weighted by Crippen LogP contribution is 2.25. The summed E-state index contributed by atoms with van der Waals surface area (Å²) < 4.78 is 50.6. The van der Waals surface area contributed by atoms with Crippen LogP contribution in [0.15, 0.2) is 77.7 Å². The van der Waals surface area contributed by atoms with Crippen molar-refractivity contribution in [3.8, 4) is 5.75 Å². The van der Waals surface area contributed by atoms with Crippen molar-refractivity contribution in [2.45, 2.75) is 11.5 Å². The van der Waals surface area contributed by atoms with Gasteiger partial charge in [-0.2, -0.15) is 0 Å². The Hall–Kier alpha value is -3.39.